The van der Waals surface area contributed by atoms with E-state index in [0.29, 0.717) is 27.2 Å². The second-order valence-corrected chi connectivity index (χ2v) is 9.01. The molecule has 0 saturated heterocycles. The third-order valence-electron chi connectivity index (χ3n) is 5.15. The van der Waals surface area contributed by atoms with E-state index in [4.69, 9.17) is 33.0 Å². The summed E-state index contributed by atoms with van der Waals surface area (Å²) in [5.74, 6) is 2.36. The SMILES string of the molecule is O=C(C[n+]1c(COc2ccc(Cl)cc2Cl)nn2c1CCCCC2)c1ccc(Br)cc1. The summed E-state index contributed by atoms with van der Waals surface area (Å²) in [4.78, 5) is 13.0. The second kappa shape index (κ2) is 9.50. The Morgan fingerprint density at radius 2 is 1.93 bits per heavy atom. The molecular weight excluding hydrogens is 489 g/mol. The first-order chi connectivity index (χ1) is 14.5. The molecule has 3 aromatic rings. The lowest BCUT2D eigenvalue weighted by atomic mass is 10.1. The van der Waals surface area contributed by atoms with Crippen molar-refractivity contribution in [2.45, 2.75) is 45.4 Å². The molecule has 4 rings (SSSR count). The number of halogens is 3. The number of aryl methyl sites for hydroxylation is 1. The minimum Gasteiger partial charge on any atom is -0.481 e. The first-order valence-electron chi connectivity index (χ1n) is 9.86. The molecule has 2 aromatic carbocycles. The Hall–Kier alpha value is -1.89. The van der Waals surface area contributed by atoms with Gasteiger partial charge in [-0.05, 0) is 49.6 Å². The van der Waals surface area contributed by atoms with Gasteiger partial charge in [-0.2, -0.15) is 0 Å². The topological polar surface area (TPSA) is 48.0 Å². The average molecular weight is 510 g/mol. The predicted octanol–water partition coefficient (Wildman–Crippen LogP) is 5.43. The molecule has 0 amide bonds. The van der Waals surface area contributed by atoms with Crippen molar-refractivity contribution in [3.63, 3.8) is 0 Å². The first kappa shape index (κ1) is 21.3. The van der Waals surface area contributed by atoms with Gasteiger partial charge in [0.2, 0.25) is 5.82 Å². The van der Waals surface area contributed by atoms with Crippen LogP contribution in [0.1, 0.15) is 41.3 Å². The molecule has 0 fully saturated rings. The van der Waals surface area contributed by atoms with Gasteiger partial charge in [0.1, 0.15) is 18.8 Å². The molecule has 0 atom stereocenters. The Balaban J connectivity index is 1.61. The van der Waals surface area contributed by atoms with Gasteiger partial charge < -0.3 is 4.74 Å². The van der Waals surface area contributed by atoms with E-state index in [1.807, 2.05) is 33.5 Å². The molecule has 5 nitrogen and oxygen atoms in total. The number of carbonyl (C=O) groups is 1. The number of ketones is 1. The highest BCUT2D eigenvalue weighted by molar-refractivity contribution is 9.10. The van der Waals surface area contributed by atoms with Gasteiger partial charge in [0.25, 0.3) is 0 Å². The number of Topliss-reactive ketones (excluding diaryl/α,β-unsaturated/α-hetero) is 1. The average Bonchev–Trinajstić information content (AvgIpc) is 2.88. The number of benzene rings is 2. The molecule has 0 aliphatic carbocycles. The number of fused-ring (bicyclic) bond motifs is 1. The Kier molecular flexibility index (Phi) is 6.76. The molecule has 1 aliphatic heterocycles. The lowest BCUT2D eigenvalue weighted by Gasteiger charge is -2.08. The van der Waals surface area contributed by atoms with E-state index in [2.05, 4.69) is 15.9 Å². The van der Waals surface area contributed by atoms with Crippen LogP contribution >= 0.6 is 39.1 Å². The summed E-state index contributed by atoms with van der Waals surface area (Å²) in [7, 11) is 0. The summed E-state index contributed by atoms with van der Waals surface area (Å²) in [5, 5.41) is 5.76. The van der Waals surface area contributed by atoms with Crippen LogP contribution in [0.15, 0.2) is 46.9 Å². The number of carbonyl (C=O) groups excluding carboxylic acids is 1. The van der Waals surface area contributed by atoms with Crippen molar-refractivity contribution >= 4 is 44.9 Å². The first-order valence-corrected chi connectivity index (χ1v) is 11.4. The Morgan fingerprint density at radius 1 is 1.13 bits per heavy atom. The van der Waals surface area contributed by atoms with Crippen molar-refractivity contribution in [2.75, 3.05) is 0 Å². The molecule has 0 radical (unpaired) electrons. The third-order valence-corrected chi connectivity index (χ3v) is 6.21. The summed E-state index contributed by atoms with van der Waals surface area (Å²) in [6.45, 7) is 1.29. The summed E-state index contributed by atoms with van der Waals surface area (Å²) < 4.78 is 10.9. The van der Waals surface area contributed by atoms with Crippen molar-refractivity contribution in [1.82, 2.24) is 9.78 Å². The van der Waals surface area contributed by atoms with Crippen LogP contribution in [0.2, 0.25) is 10.0 Å². The standard InChI is InChI=1S/C22H21BrCl2N3O2/c23-16-7-5-15(6-8-16)19(29)13-27-21(26-28-11-3-1-2-4-22(27)28)14-30-20-10-9-17(24)12-18(20)25/h5-10,12H,1-4,11,13-14H2/q+1. The van der Waals surface area contributed by atoms with Crippen LogP contribution < -0.4 is 9.30 Å². The fourth-order valence-electron chi connectivity index (χ4n) is 3.60. The van der Waals surface area contributed by atoms with Crippen molar-refractivity contribution in [2.24, 2.45) is 0 Å². The molecule has 0 spiro atoms. The quantitative estimate of drug-likeness (QED) is 0.329. The maximum atomic E-state index is 13.0. The number of hydrogen-bond donors (Lipinski definition) is 0. The zero-order valence-corrected chi connectivity index (χ0v) is 19.4. The number of hydrogen-bond acceptors (Lipinski definition) is 3. The van der Waals surface area contributed by atoms with Crippen molar-refractivity contribution in [3.05, 3.63) is 74.2 Å². The molecule has 0 N–H and O–H groups in total. The highest BCUT2D eigenvalue weighted by Crippen LogP contribution is 2.28. The van der Waals surface area contributed by atoms with E-state index in [1.165, 1.54) is 0 Å². The smallest absolute Gasteiger partial charge is 0.315 e. The Morgan fingerprint density at radius 3 is 2.70 bits per heavy atom. The maximum absolute atomic E-state index is 13.0. The maximum Gasteiger partial charge on any atom is 0.315 e. The number of aromatic nitrogens is 3. The van der Waals surface area contributed by atoms with Crippen LogP contribution in [-0.4, -0.2) is 15.6 Å². The zero-order chi connectivity index (χ0) is 21.1. The molecule has 156 valence electrons. The van der Waals surface area contributed by atoms with E-state index in [-0.39, 0.29) is 18.9 Å². The van der Waals surface area contributed by atoms with Crippen LogP contribution in [0.5, 0.6) is 5.75 Å². The highest BCUT2D eigenvalue weighted by Gasteiger charge is 2.29. The van der Waals surface area contributed by atoms with Gasteiger partial charge in [-0.3, -0.25) is 4.79 Å². The van der Waals surface area contributed by atoms with Crippen LogP contribution in [0.4, 0.5) is 0 Å². The van der Waals surface area contributed by atoms with Crippen molar-refractivity contribution in [3.8, 4) is 5.75 Å². The van der Waals surface area contributed by atoms with Crippen LogP contribution in [0.25, 0.3) is 0 Å². The van der Waals surface area contributed by atoms with Gasteiger partial charge in [0.15, 0.2) is 12.4 Å². The minimum absolute atomic E-state index is 0.0401. The lowest BCUT2D eigenvalue weighted by Crippen LogP contribution is -2.44. The van der Waals surface area contributed by atoms with Gasteiger partial charge in [-0.15, -0.1) is 4.68 Å². The fourth-order valence-corrected chi connectivity index (χ4v) is 4.33. The van der Waals surface area contributed by atoms with Gasteiger partial charge in [-0.1, -0.05) is 51.3 Å². The summed E-state index contributed by atoms with van der Waals surface area (Å²) in [6.07, 6.45) is 4.22. The van der Waals surface area contributed by atoms with E-state index < -0.39 is 0 Å². The van der Waals surface area contributed by atoms with Gasteiger partial charge >= 0.3 is 5.82 Å². The normalized spacial score (nSPS) is 13.6. The van der Waals surface area contributed by atoms with Gasteiger partial charge in [0, 0.05) is 26.6 Å². The van der Waals surface area contributed by atoms with E-state index in [1.54, 1.807) is 18.2 Å². The molecule has 1 aromatic heterocycles. The fraction of sp³-hybridized carbons (Fsp3) is 0.318. The monoisotopic (exact) mass is 508 g/mol. The van der Waals surface area contributed by atoms with E-state index >= 15 is 0 Å². The Labute approximate surface area is 193 Å². The predicted molar refractivity (Wildman–Crippen MR) is 119 cm³/mol. The second-order valence-electron chi connectivity index (χ2n) is 7.25. The summed E-state index contributed by atoms with van der Waals surface area (Å²) in [5.41, 5.74) is 0.673. The Bertz CT molecular complexity index is 1070. The van der Waals surface area contributed by atoms with Crippen molar-refractivity contribution < 1.29 is 14.1 Å². The molecule has 0 saturated carbocycles. The third kappa shape index (κ3) is 4.88. The van der Waals surface area contributed by atoms with Crippen LogP contribution in [0, 0.1) is 0 Å². The van der Waals surface area contributed by atoms with Gasteiger partial charge in [0.05, 0.1) is 5.02 Å². The number of nitrogens with zero attached hydrogens (tertiary/aromatic N) is 3. The summed E-state index contributed by atoms with van der Waals surface area (Å²) in [6, 6.07) is 12.5. The zero-order valence-electron chi connectivity index (χ0n) is 16.3. The van der Waals surface area contributed by atoms with Crippen LogP contribution in [0.3, 0.4) is 0 Å². The van der Waals surface area contributed by atoms with Crippen molar-refractivity contribution in [1.29, 1.82) is 0 Å². The highest BCUT2D eigenvalue weighted by atomic mass is 79.9. The van der Waals surface area contributed by atoms with Crippen LogP contribution in [-0.2, 0) is 26.1 Å². The lowest BCUT2D eigenvalue weighted by molar-refractivity contribution is -0.700. The molecule has 0 bridgehead atoms. The van der Waals surface area contributed by atoms with E-state index in [0.717, 1.165) is 42.5 Å². The molecule has 30 heavy (non-hydrogen) atoms. The molecule has 2 heterocycles. The summed E-state index contributed by atoms with van der Waals surface area (Å²) >= 11 is 15.6. The number of ether oxygens (including phenoxy) is 1. The largest absolute Gasteiger partial charge is 0.481 e. The molecule has 0 unspecified atom stereocenters. The molecule has 8 heteroatoms. The molecular formula is C22H21BrCl2N3O2+. The van der Waals surface area contributed by atoms with E-state index in [9.17, 15) is 4.79 Å². The number of rotatable bonds is 6. The molecule has 1 aliphatic rings. The van der Waals surface area contributed by atoms with Gasteiger partial charge in [-0.25, -0.2) is 4.57 Å². The minimum atomic E-state index is 0.0401.